The van der Waals surface area contributed by atoms with Crippen molar-refractivity contribution >= 4 is 5.82 Å². The highest BCUT2D eigenvalue weighted by Gasteiger charge is 2.06. The van der Waals surface area contributed by atoms with Crippen molar-refractivity contribution in [2.75, 3.05) is 5.73 Å². The first kappa shape index (κ1) is 10.3. The summed E-state index contributed by atoms with van der Waals surface area (Å²) in [6, 6.07) is 1.71. The highest BCUT2D eigenvalue weighted by molar-refractivity contribution is 5.29. The highest BCUT2D eigenvalue weighted by atomic mass is 19.1. The third-order valence-corrected chi connectivity index (χ3v) is 1.78. The van der Waals surface area contributed by atoms with Crippen molar-refractivity contribution in [3.05, 3.63) is 29.5 Å². The van der Waals surface area contributed by atoms with E-state index >= 15 is 0 Å². The molecule has 16 heavy (non-hydrogen) atoms. The summed E-state index contributed by atoms with van der Waals surface area (Å²) < 4.78 is 22.7. The zero-order valence-electron chi connectivity index (χ0n) is 8.48. The van der Waals surface area contributed by atoms with Gasteiger partial charge < -0.3 is 15.0 Å². The summed E-state index contributed by atoms with van der Waals surface area (Å²) in [5.41, 5.74) is 5.85. The topological polar surface area (TPSA) is 87.1 Å². The molecule has 2 heterocycles. The van der Waals surface area contributed by atoms with Crippen molar-refractivity contribution in [1.82, 2.24) is 15.1 Å². The Labute approximate surface area is 90.2 Å². The van der Waals surface area contributed by atoms with Crippen LogP contribution in [0.2, 0.25) is 0 Å². The van der Waals surface area contributed by atoms with E-state index in [1.807, 2.05) is 0 Å². The van der Waals surface area contributed by atoms with Crippen LogP contribution in [0.3, 0.4) is 0 Å². The molecule has 6 nitrogen and oxygen atoms in total. The second-order valence-electron chi connectivity index (χ2n) is 3.10. The van der Waals surface area contributed by atoms with Crippen LogP contribution < -0.4 is 10.5 Å². The van der Waals surface area contributed by atoms with E-state index in [1.54, 1.807) is 13.0 Å². The van der Waals surface area contributed by atoms with Gasteiger partial charge in [-0.3, -0.25) is 0 Å². The summed E-state index contributed by atoms with van der Waals surface area (Å²) >= 11 is 0. The van der Waals surface area contributed by atoms with Gasteiger partial charge in [0.15, 0.2) is 11.6 Å². The molecule has 0 atom stereocenters. The Balaban J connectivity index is 2.02. The molecule has 0 aliphatic carbocycles. The van der Waals surface area contributed by atoms with Crippen molar-refractivity contribution < 1.29 is 13.7 Å². The van der Waals surface area contributed by atoms with E-state index in [2.05, 4.69) is 15.1 Å². The number of nitrogens with zero attached hydrogens (tertiary/aromatic N) is 3. The van der Waals surface area contributed by atoms with Crippen molar-refractivity contribution in [2.45, 2.75) is 13.5 Å². The minimum absolute atomic E-state index is 0.000414. The van der Waals surface area contributed by atoms with E-state index in [0.717, 1.165) is 6.20 Å². The Kier molecular flexibility index (Phi) is 2.67. The largest absolute Gasteiger partial charge is 0.457 e. The van der Waals surface area contributed by atoms with E-state index in [-0.39, 0.29) is 18.4 Å². The van der Waals surface area contributed by atoms with Gasteiger partial charge in [0.1, 0.15) is 18.1 Å². The first-order valence-electron chi connectivity index (χ1n) is 4.48. The lowest BCUT2D eigenvalue weighted by Gasteiger charge is -2.02. The van der Waals surface area contributed by atoms with E-state index < -0.39 is 5.82 Å². The molecule has 0 fully saturated rings. The Bertz CT molecular complexity index is 500. The molecule has 0 spiro atoms. The second kappa shape index (κ2) is 4.13. The molecule has 2 aromatic heterocycles. The molecule has 0 radical (unpaired) electrons. The number of aryl methyl sites for hydroxylation is 1. The van der Waals surface area contributed by atoms with Crippen molar-refractivity contribution in [1.29, 1.82) is 0 Å². The number of ether oxygens (including phenoxy) is 1. The molecule has 84 valence electrons. The molecule has 0 bridgehead atoms. The molecule has 0 aliphatic heterocycles. The van der Waals surface area contributed by atoms with Crippen molar-refractivity contribution in [3.63, 3.8) is 0 Å². The predicted molar refractivity (Wildman–Crippen MR) is 52.0 cm³/mol. The third-order valence-electron chi connectivity index (χ3n) is 1.78. The standard InChI is InChI=1S/C9H9FN4O2/c1-5-2-6(14-16-5)4-15-9-12-3-7(10)8(11)13-9/h2-3H,4H2,1H3,(H2,11,12,13). The number of aromatic nitrogens is 3. The number of hydrogen-bond donors (Lipinski definition) is 1. The molecule has 0 saturated heterocycles. The van der Waals surface area contributed by atoms with Crippen LogP contribution in [0.4, 0.5) is 10.2 Å². The summed E-state index contributed by atoms with van der Waals surface area (Å²) in [5.74, 6) is -0.246. The average Bonchev–Trinajstić information content (AvgIpc) is 2.66. The number of nitrogen functional groups attached to an aromatic ring is 1. The Morgan fingerprint density at radius 2 is 2.38 bits per heavy atom. The van der Waals surface area contributed by atoms with Gasteiger partial charge in [-0.25, -0.2) is 9.37 Å². The molecule has 0 aromatic carbocycles. The fourth-order valence-electron chi connectivity index (χ4n) is 1.06. The van der Waals surface area contributed by atoms with E-state index in [9.17, 15) is 4.39 Å². The molecule has 7 heteroatoms. The lowest BCUT2D eigenvalue weighted by molar-refractivity contribution is 0.266. The van der Waals surface area contributed by atoms with Gasteiger partial charge in [0.05, 0.1) is 6.20 Å². The molecule has 0 saturated carbocycles. The zero-order chi connectivity index (χ0) is 11.5. The summed E-state index contributed by atoms with van der Waals surface area (Å²) in [4.78, 5) is 7.22. The van der Waals surface area contributed by atoms with Crippen LogP contribution in [-0.4, -0.2) is 15.1 Å². The number of rotatable bonds is 3. The van der Waals surface area contributed by atoms with Gasteiger partial charge in [0, 0.05) is 6.07 Å². The van der Waals surface area contributed by atoms with Crippen molar-refractivity contribution in [2.24, 2.45) is 0 Å². The predicted octanol–water partition coefficient (Wildman–Crippen LogP) is 1.07. The number of hydrogen-bond acceptors (Lipinski definition) is 6. The Hall–Kier alpha value is -2.18. The lowest BCUT2D eigenvalue weighted by Crippen LogP contribution is -2.03. The molecule has 2 N–H and O–H groups in total. The normalized spacial score (nSPS) is 10.4. The van der Waals surface area contributed by atoms with Crippen LogP contribution in [0.25, 0.3) is 0 Å². The van der Waals surface area contributed by atoms with Gasteiger partial charge >= 0.3 is 6.01 Å². The maximum Gasteiger partial charge on any atom is 0.318 e. The van der Waals surface area contributed by atoms with Gasteiger partial charge in [0.25, 0.3) is 0 Å². The van der Waals surface area contributed by atoms with Crippen LogP contribution in [0.15, 0.2) is 16.8 Å². The SMILES string of the molecule is Cc1cc(COc2ncc(F)c(N)n2)no1. The van der Waals surface area contributed by atoms with E-state index in [1.165, 1.54) is 0 Å². The highest BCUT2D eigenvalue weighted by Crippen LogP contribution is 2.11. The van der Waals surface area contributed by atoms with Crippen molar-refractivity contribution in [3.8, 4) is 6.01 Å². The number of nitrogens with two attached hydrogens (primary N) is 1. The molecule has 0 amide bonds. The lowest BCUT2D eigenvalue weighted by atomic mass is 10.4. The smallest absolute Gasteiger partial charge is 0.318 e. The van der Waals surface area contributed by atoms with E-state index in [4.69, 9.17) is 15.0 Å². The van der Waals surface area contributed by atoms with Gasteiger partial charge in [-0.05, 0) is 6.92 Å². The van der Waals surface area contributed by atoms with Gasteiger partial charge in [0.2, 0.25) is 0 Å². The fourth-order valence-corrected chi connectivity index (χ4v) is 1.06. The average molecular weight is 224 g/mol. The molecular formula is C9H9FN4O2. The molecule has 2 rings (SSSR count). The van der Waals surface area contributed by atoms with E-state index in [0.29, 0.717) is 11.5 Å². The van der Waals surface area contributed by atoms with Crippen LogP contribution >= 0.6 is 0 Å². The molecule has 0 unspecified atom stereocenters. The summed E-state index contributed by atoms with van der Waals surface area (Å²) in [6.45, 7) is 1.91. The van der Waals surface area contributed by atoms with Crippen LogP contribution in [-0.2, 0) is 6.61 Å². The van der Waals surface area contributed by atoms with Gasteiger partial charge in [-0.1, -0.05) is 5.16 Å². The molecule has 0 aliphatic rings. The summed E-state index contributed by atoms with van der Waals surface area (Å²) in [6.07, 6.45) is 0.950. The minimum Gasteiger partial charge on any atom is -0.457 e. The van der Waals surface area contributed by atoms with Gasteiger partial charge in [-0.2, -0.15) is 4.98 Å². The monoisotopic (exact) mass is 224 g/mol. The second-order valence-corrected chi connectivity index (χ2v) is 3.10. The first-order valence-corrected chi connectivity index (χ1v) is 4.48. The number of halogens is 1. The number of anilines is 1. The fraction of sp³-hybridized carbons (Fsp3) is 0.222. The Morgan fingerprint density at radius 1 is 1.56 bits per heavy atom. The molecule has 2 aromatic rings. The van der Waals surface area contributed by atoms with Crippen LogP contribution in [0.5, 0.6) is 6.01 Å². The Morgan fingerprint density at radius 3 is 3.00 bits per heavy atom. The zero-order valence-corrected chi connectivity index (χ0v) is 8.48. The maximum absolute atomic E-state index is 12.7. The molecular weight excluding hydrogens is 215 g/mol. The van der Waals surface area contributed by atoms with Crippen LogP contribution in [0, 0.1) is 12.7 Å². The summed E-state index contributed by atoms with van der Waals surface area (Å²) in [5, 5.41) is 3.71. The van der Waals surface area contributed by atoms with Crippen LogP contribution in [0.1, 0.15) is 11.5 Å². The minimum atomic E-state index is -0.676. The first-order chi connectivity index (χ1) is 7.65. The quantitative estimate of drug-likeness (QED) is 0.839. The summed E-state index contributed by atoms with van der Waals surface area (Å²) in [7, 11) is 0. The third kappa shape index (κ3) is 2.25. The maximum atomic E-state index is 12.7. The van der Waals surface area contributed by atoms with Gasteiger partial charge in [-0.15, -0.1) is 0 Å².